The first-order chi connectivity index (χ1) is 16.3. The van der Waals surface area contributed by atoms with E-state index in [2.05, 4.69) is 15.7 Å². The maximum absolute atomic E-state index is 12.9. The van der Waals surface area contributed by atoms with Crippen molar-refractivity contribution in [3.63, 3.8) is 0 Å². The van der Waals surface area contributed by atoms with Gasteiger partial charge in [0.15, 0.2) is 0 Å². The van der Waals surface area contributed by atoms with Gasteiger partial charge in [-0.3, -0.25) is 14.5 Å². The molecule has 34 heavy (non-hydrogen) atoms. The number of carboxylic acids is 1. The van der Waals surface area contributed by atoms with Crippen molar-refractivity contribution in [1.82, 2.24) is 20.6 Å². The summed E-state index contributed by atoms with van der Waals surface area (Å²) in [5, 5.41) is 31.5. The second-order valence-corrected chi connectivity index (χ2v) is 10.2. The van der Waals surface area contributed by atoms with Crippen LogP contribution < -0.4 is 21.2 Å². The minimum Gasteiger partial charge on any atom is -0.593 e. The van der Waals surface area contributed by atoms with E-state index in [4.69, 9.17) is 5.73 Å². The highest BCUT2D eigenvalue weighted by Crippen LogP contribution is 2.41. The van der Waals surface area contributed by atoms with E-state index in [1.807, 2.05) is 0 Å². The van der Waals surface area contributed by atoms with Crippen molar-refractivity contribution in [2.45, 2.75) is 22.5 Å². The Morgan fingerprint density at radius 1 is 1.38 bits per heavy atom. The predicted octanol–water partition coefficient (Wildman–Crippen LogP) is 0.0168. The van der Waals surface area contributed by atoms with Crippen molar-refractivity contribution in [1.29, 1.82) is 0 Å². The molecule has 0 aromatic carbocycles. The van der Waals surface area contributed by atoms with Crippen molar-refractivity contribution in [3.05, 3.63) is 57.2 Å². The molecule has 0 saturated carbocycles. The summed E-state index contributed by atoms with van der Waals surface area (Å²) in [5.41, 5.74) is 5.52. The van der Waals surface area contributed by atoms with Gasteiger partial charge in [0.1, 0.15) is 23.2 Å². The van der Waals surface area contributed by atoms with Crippen LogP contribution in [0.4, 0.5) is 4.79 Å². The molecule has 2 aliphatic rings. The van der Waals surface area contributed by atoms with E-state index in [1.54, 1.807) is 29.6 Å². The molecule has 2 aromatic rings. The second-order valence-electron chi connectivity index (χ2n) is 7.13. The van der Waals surface area contributed by atoms with Crippen LogP contribution in [-0.2, 0) is 14.4 Å². The maximum atomic E-state index is 12.9. The summed E-state index contributed by atoms with van der Waals surface area (Å²) < 4.78 is 0. The monoisotopic (exact) mass is 522 g/mol. The maximum Gasteiger partial charge on any atom is 0.352 e. The van der Waals surface area contributed by atoms with Gasteiger partial charge in [-0.15, -0.1) is 23.1 Å². The molecule has 4 rings (SSSR count). The molecule has 0 aliphatic carbocycles. The van der Waals surface area contributed by atoms with Crippen LogP contribution in [-0.4, -0.2) is 61.8 Å². The van der Waals surface area contributed by atoms with Gasteiger partial charge in [0.2, 0.25) is 5.91 Å². The summed E-state index contributed by atoms with van der Waals surface area (Å²) in [5.74, 6) is -2.00. The SMILES string of the molecule is NC(=O)NC(C(=O)N[C@@H]1C(=O)N2C(C(=O)O)=C(CSc3cccn[n+]3[O-])CSC12)c1cccs1. The molecular formula is C19H18N6O6S3. The number of hydrogen-bond acceptors (Lipinski definition) is 9. The summed E-state index contributed by atoms with van der Waals surface area (Å²) >= 11 is 3.66. The number of rotatable bonds is 8. The number of primary amides is 1. The number of nitrogens with one attached hydrogen (secondary N) is 2. The number of nitrogens with zero attached hydrogens (tertiary/aromatic N) is 3. The Bertz CT molecular complexity index is 1170. The summed E-state index contributed by atoms with van der Waals surface area (Å²) in [6.45, 7) is 0. The minimum atomic E-state index is -1.27. The molecule has 4 heterocycles. The van der Waals surface area contributed by atoms with Gasteiger partial charge >= 0.3 is 12.0 Å². The zero-order valence-corrected chi connectivity index (χ0v) is 19.7. The molecule has 15 heteroatoms. The predicted molar refractivity (Wildman–Crippen MR) is 123 cm³/mol. The first-order valence-corrected chi connectivity index (χ1v) is 12.7. The first-order valence-electron chi connectivity index (χ1n) is 9.75. The number of fused-ring (bicyclic) bond motifs is 1. The Morgan fingerprint density at radius 3 is 2.82 bits per heavy atom. The highest BCUT2D eigenvalue weighted by molar-refractivity contribution is 8.01. The fraction of sp³-hybridized carbons (Fsp3) is 0.263. The van der Waals surface area contributed by atoms with Crippen molar-refractivity contribution >= 4 is 58.7 Å². The Kier molecular flexibility index (Phi) is 6.95. The molecule has 0 bridgehead atoms. The van der Waals surface area contributed by atoms with Crippen molar-refractivity contribution in [2.24, 2.45) is 5.73 Å². The number of carbonyl (C=O) groups is 4. The number of urea groups is 1. The van der Waals surface area contributed by atoms with Crippen LogP contribution in [0.15, 0.2) is 52.1 Å². The molecule has 4 amide bonds. The number of β-lactam (4-membered cyclic amide) rings is 1. The number of hydrogen-bond donors (Lipinski definition) is 4. The number of thiophene rings is 1. The minimum absolute atomic E-state index is 0.154. The van der Waals surface area contributed by atoms with Gasteiger partial charge < -0.3 is 26.7 Å². The quantitative estimate of drug-likeness (QED) is 0.161. The number of thioether (sulfide) groups is 2. The Morgan fingerprint density at radius 2 is 2.18 bits per heavy atom. The summed E-state index contributed by atoms with van der Waals surface area (Å²) in [4.78, 5) is 51.2. The normalized spacial score (nSPS) is 20.2. The van der Waals surface area contributed by atoms with E-state index in [0.29, 0.717) is 26.1 Å². The number of carboxylic acid groups (broad SMARTS) is 1. The molecule has 178 valence electrons. The third kappa shape index (κ3) is 4.67. The molecule has 0 spiro atoms. The van der Waals surface area contributed by atoms with E-state index in [0.717, 1.165) is 16.7 Å². The molecule has 1 fully saturated rings. The van der Waals surface area contributed by atoms with Gasteiger partial charge in [0, 0.05) is 27.5 Å². The van der Waals surface area contributed by atoms with E-state index in [-0.39, 0.29) is 11.4 Å². The van der Waals surface area contributed by atoms with E-state index in [9.17, 15) is 29.5 Å². The van der Waals surface area contributed by atoms with Crippen LogP contribution >= 0.6 is 34.9 Å². The number of amides is 4. The lowest BCUT2D eigenvalue weighted by Gasteiger charge is -2.49. The Balaban J connectivity index is 1.48. The van der Waals surface area contributed by atoms with Gasteiger partial charge in [0.05, 0.1) is 6.20 Å². The summed E-state index contributed by atoms with van der Waals surface area (Å²) in [7, 11) is 0. The molecule has 2 aromatic heterocycles. The summed E-state index contributed by atoms with van der Waals surface area (Å²) in [6.07, 6.45) is 1.34. The van der Waals surface area contributed by atoms with Crippen LogP contribution in [0, 0.1) is 5.21 Å². The van der Waals surface area contributed by atoms with Crippen LogP contribution in [0.5, 0.6) is 0 Å². The van der Waals surface area contributed by atoms with Crippen LogP contribution in [0.25, 0.3) is 0 Å². The zero-order valence-electron chi connectivity index (χ0n) is 17.2. The smallest absolute Gasteiger partial charge is 0.352 e. The molecule has 1 saturated heterocycles. The van der Waals surface area contributed by atoms with Crippen LogP contribution in [0.3, 0.4) is 0 Å². The first kappa shape index (κ1) is 23.8. The third-order valence-corrected chi connectivity index (χ3v) is 8.36. The molecule has 0 radical (unpaired) electrons. The van der Waals surface area contributed by atoms with Crippen LogP contribution in [0.1, 0.15) is 10.9 Å². The average molecular weight is 523 g/mol. The molecule has 2 unspecified atom stereocenters. The molecule has 2 aliphatic heterocycles. The average Bonchev–Trinajstić information content (AvgIpc) is 3.34. The Labute approximate surface area is 205 Å². The van der Waals surface area contributed by atoms with Gasteiger partial charge in [-0.05, 0) is 39.7 Å². The van der Waals surface area contributed by atoms with Crippen LogP contribution in [0.2, 0.25) is 0 Å². The van der Waals surface area contributed by atoms with E-state index >= 15 is 0 Å². The largest absolute Gasteiger partial charge is 0.593 e. The fourth-order valence-corrected chi connectivity index (χ4v) is 6.65. The number of aliphatic carboxylic acids is 1. The van der Waals surface area contributed by atoms with Crippen molar-refractivity contribution in [3.8, 4) is 0 Å². The van der Waals surface area contributed by atoms with Crippen molar-refractivity contribution < 1.29 is 29.1 Å². The zero-order chi connectivity index (χ0) is 24.4. The molecule has 3 atom stereocenters. The fourth-order valence-electron chi connectivity index (χ4n) is 3.50. The van der Waals surface area contributed by atoms with E-state index in [1.165, 1.54) is 29.3 Å². The number of aromatic nitrogens is 2. The number of nitrogens with two attached hydrogens (primary N) is 1. The Hall–Kier alpha value is -3.30. The molecule has 5 N–H and O–H groups in total. The van der Waals surface area contributed by atoms with E-state index < -0.39 is 41.3 Å². The van der Waals surface area contributed by atoms with Gasteiger partial charge in [-0.2, -0.15) is 0 Å². The highest BCUT2D eigenvalue weighted by Gasteiger charge is 2.54. The summed E-state index contributed by atoms with van der Waals surface area (Å²) in [6, 6.07) is 3.59. The van der Waals surface area contributed by atoms with Gasteiger partial charge in [-0.1, -0.05) is 6.07 Å². The molecule has 12 nitrogen and oxygen atoms in total. The second kappa shape index (κ2) is 9.90. The molecular weight excluding hydrogens is 504 g/mol. The standard InChI is InChI=1S/C19H18N6O6S3/c20-19(30)23-12(10-3-2-6-32-10)15(26)22-13-16(27)24-14(18(28)29)9(8-34-17(13)24)7-33-11-4-1-5-21-25(11)31/h1-6,12-13,17H,7-8H2,(H,22,26)(H,28,29)(H3,20,23,30)/t12?,13-,17?/m1/s1. The highest BCUT2D eigenvalue weighted by atomic mass is 32.2. The number of carbonyl (C=O) groups excluding carboxylic acids is 3. The third-order valence-electron chi connectivity index (χ3n) is 5.00. The lowest BCUT2D eigenvalue weighted by molar-refractivity contribution is -0.706. The lowest BCUT2D eigenvalue weighted by atomic mass is 10.0. The van der Waals surface area contributed by atoms with Gasteiger partial charge in [0.25, 0.3) is 10.9 Å². The topological polar surface area (TPSA) is 182 Å². The lowest BCUT2D eigenvalue weighted by Crippen LogP contribution is -2.71. The van der Waals surface area contributed by atoms with Gasteiger partial charge in [-0.25, -0.2) is 9.59 Å². The van der Waals surface area contributed by atoms with Crippen molar-refractivity contribution in [2.75, 3.05) is 11.5 Å².